The Morgan fingerprint density at radius 2 is 1.54 bits per heavy atom. The van der Waals surface area contributed by atoms with Gasteiger partial charge in [0.2, 0.25) is 0 Å². The van der Waals surface area contributed by atoms with Crippen LogP contribution in [0.25, 0.3) is 0 Å². The molecule has 3 aromatic rings. The van der Waals surface area contributed by atoms with Crippen molar-refractivity contribution in [3.63, 3.8) is 0 Å². The molecule has 5 rings (SSSR count). The third kappa shape index (κ3) is 6.87. The van der Waals surface area contributed by atoms with Crippen LogP contribution in [0.4, 0.5) is 13.2 Å². The Morgan fingerprint density at radius 3 is 2.17 bits per heavy atom. The fourth-order valence-electron chi connectivity index (χ4n) is 5.40. The van der Waals surface area contributed by atoms with Gasteiger partial charge in [-0.25, -0.2) is 0 Å². The van der Waals surface area contributed by atoms with Crippen molar-refractivity contribution in [2.45, 2.75) is 51.6 Å². The molecule has 0 N–H and O–H groups in total. The zero-order chi connectivity index (χ0) is 29.2. The first kappa shape index (κ1) is 29.0. The second-order valence-corrected chi connectivity index (χ2v) is 11.8. The summed E-state index contributed by atoms with van der Waals surface area (Å²) in [5, 5.41) is 0. The predicted octanol–water partition coefficient (Wildman–Crippen LogP) is 7.44. The van der Waals surface area contributed by atoms with Gasteiger partial charge in [0.15, 0.2) is 0 Å². The standard InChI is InChI=1S/C33H36F3NO4/c1-32(2,3)31(38)41-26-14-15-27-29(20-26)40-21-28(22-6-10-24(11-7-22)33(34,35)36)30(27)23-8-12-25(13-9-23)39-19-18-37-16-4-5-17-37/h6-15,20,28,30H,4-5,16-19,21H2,1-3H3/t28-,30-/m1/s1. The summed E-state index contributed by atoms with van der Waals surface area (Å²) in [4.78, 5) is 14.8. The molecule has 0 aliphatic carbocycles. The maximum atomic E-state index is 13.2. The number of hydrogen-bond acceptors (Lipinski definition) is 5. The molecule has 0 bridgehead atoms. The average molecular weight is 568 g/mol. The molecule has 41 heavy (non-hydrogen) atoms. The van der Waals surface area contributed by atoms with Gasteiger partial charge in [-0.2, -0.15) is 13.2 Å². The normalized spacial score (nSPS) is 19.4. The van der Waals surface area contributed by atoms with Crippen molar-refractivity contribution in [1.29, 1.82) is 0 Å². The van der Waals surface area contributed by atoms with E-state index in [1.54, 1.807) is 32.9 Å². The molecule has 3 aromatic carbocycles. The van der Waals surface area contributed by atoms with Gasteiger partial charge in [-0.15, -0.1) is 0 Å². The number of halogens is 3. The van der Waals surface area contributed by atoms with Crippen molar-refractivity contribution in [3.8, 4) is 17.2 Å². The molecular formula is C33H36F3NO4. The highest BCUT2D eigenvalue weighted by molar-refractivity contribution is 5.78. The van der Waals surface area contributed by atoms with Gasteiger partial charge in [-0.05, 0) is 88.2 Å². The van der Waals surface area contributed by atoms with Crippen molar-refractivity contribution >= 4 is 5.97 Å². The van der Waals surface area contributed by atoms with E-state index in [1.807, 2.05) is 30.3 Å². The van der Waals surface area contributed by atoms with Gasteiger partial charge in [-0.1, -0.05) is 30.3 Å². The van der Waals surface area contributed by atoms with Gasteiger partial charge in [-0.3, -0.25) is 9.69 Å². The maximum Gasteiger partial charge on any atom is 0.416 e. The molecule has 0 unspecified atom stereocenters. The number of esters is 1. The molecule has 8 heteroatoms. The minimum absolute atomic E-state index is 0.193. The van der Waals surface area contributed by atoms with Gasteiger partial charge in [0.05, 0.1) is 17.6 Å². The molecule has 1 saturated heterocycles. The lowest BCUT2D eigenvalue weighted by Crippen LogP contribution is -2.27. The van der Waals surface area contributed by atoms with Crippen molar-refractivity contribution in [2.75, 3.05) is 32.8 Å². The Labute approximate surface area is 239 Å². The van der Waals surface area contributed by atoms with E-state index in [1.165, 1.54) is 25.0 Å². The van der Waals surface area contributed by atoms with Crippen LogP contribution in [-0.2, 0) is 11.0 Å². The van der Waals surface area contributed by atoms with Crippen molar-refractivity contribution in [1.82, 2.24) is 4.90 Å². The smallest absolute Gasteiger partial charge is 0.416 e. The summed E-state index contributed by atoms with van der Waals surface area (Å²) < 4.78 is 57.4. The van der Waals surface area contributed by atoms with Crippen LogP contribution in [0.1, 0.15) is 67.7 Å². The van der Waals surface area contributed by atoms with E-state index in [2.05, 4.69) is 4.90 Å². The van der Waals surface area contributed by atoms with Crippen LogP contribution in [0.3, 0.4) is 0 Å². The summed E-state index contributed by atoms with van der Waals surface area (Å²) in [6.45, 7) is 9.37. The van der Waals surface area contributed by atoms with E-state index in [0.717, 1.165) is 54.2 Å². The monoisotopic (exact) mass is 567 g/mol. The number of alkyl halides is 3. The topological polar surface area (TPSA) is 48.0 Å². The molecule has 0 radical (unpaired) electrons. The molecule has 218 valence electrons. The largest absolute Gasteiger partial charge is 0.492 e. The Kier molecular flexibility index (Phi) is 8.32. The first-order valence-corrected chi connectivity index (χ1v) is 14.1. The molecule has 5 nitrogen and oxygen atoms in total. The summed E-state index contributed by atoms with van der Waals surface area (Å²) in [6.07, 6.45) is -1.93. The lowest BCUT2D eigenvalue weighted by molar-refractivity contribution is -0.143. The van der Waals surface area contributed by atoms with Gasteiger partial charge >= 0.3 is 12.1 Å². The highest BCUT2D eigenvalue weighted by Gasteiger charge is 2.36. The molecule has 1 fully saturated rings. The van der Waals surface area contributed by atoms with Crippen LogP contribution in [0, 0.1) is 5.41 Å². The van der Waals surface area contributed by atoms with E-state index in [-0.39, 0.29) is 24.4 Å². The number of nitrogens with zero attached hydrogens (tertiary/aromatic N) is 1. The third-order valence-corrected chi connectivity index (χ3v) is 7.74. The number of likely N-dealkylation sites (tertiary alicyclic amines) is 1. The number of carbonyl (C=O) groups excluding carboxylic acids is 1. The number of ether oxygens (including phenoxy) is 3. The average Bonchev–Trinajstić information content (AvgIpc) is 3.45. The molecule has 2 aliphatic heterocycles. The van der Waals surface area contributed by atoms with Crippen LogP contribution in [-0.4, -0.2) is 43.7 Å². The Balaban J connectivity index is 1.42. The second kappa shape index (κ2) is 11.8. The van der Waals surface area contributed by atoms with Crippen molar-refractivity contribution in [3.05, 3.63) is 89.0 Å². The lowest BCUT2D eigenvalue weighted by atomic mass is 9.75. The summed E-state index contributed by atoms with van der Waals surface area (Å²) in [5.41, 5.74) is 1.27. The number of rotatable bonds is 7. The first-order valence-electron chi connectivity index (χ1n) is 14.1. The molecular weight excluding hydrogens is 531 g/mol. The van der Waals surface area contributed by atoms with Crippen molar-refractivity contribution < 1.29 is 32.2 Å². The summed E-state index contributed by atoms with van der Waals surface area (Å²) in [6, 6.07) is 18.5. The van der Waals surface area contributed by atoms with Gasteiger partial charge in [0.1, 0.15) is 23.9 Å². The Hall–Kier alpha value is -3.52. The Bertz CT molecular complexity index is 1340. The number of hydrogen-bond donors (Lipinski definition) is 0. The van der Waals surface area contributed by atoms with Gasteiger partial charge in [0.25, 0.3) is 0 Å². The van der Waals surface area contributed by atoms with E-state index >= 15 is 0 Å². The van der Waals surface area contributed by atoms with Crippen LogP contribution < -0.4 is 14.2 Å². The van der Waals surface area contributed by atoms with E-state index in [0.29, 0.717) is 18.1 Å². The molecule has 2 heterocycles. The highest BCUT2D eigenvalue weighted by atomic mass is 19.4. The summed E-state index contributed by atoms with van der Waals surface area (Å²) in [7, 11) is 0. The van der Waals surface area contributed by atoms with Gasteiger partial charge < -0.3 is 14.2 Å². The van der Waals surface area contributed by atoms with E-state index in [4.69, 9.17) is 14.2 Å². The molecule has 0 saturated carbocycles. The number of carbonyl (C=O) groups is 1. The predicted molar refractivity (Wildman–Crippen MR) is 151 cm³/mol. The van der Waals surface area contributed by atoms with Gasteiger partial charge in [0, 0.05) is 30.0 Å². The van der Waals surface area contributed by atoms with E-state index < -0.39 is 17.2 Å². The third-order valence-electron chi connectivity index (χ3n) is 7.74. The minimum Gasteiger partial charge on any atom is -0.492 e. The Morgan fingerprint density at radius 1 is 0.902 bits per heavy atom. The second-order valence-electron chi connectivity index (χ2n) is 11.8. The van der Waals surface area contributed by atoms with Crippen LogP contribution >= 0.6 is 0 Å². The fourth-order valence-corrected chi connectivity index (χ4v) is 5.40. The van der Waals surface area contributed by atoms with E-state index in [9.17, 15) is 18.0 Å². The molecule has 0 amide bonds. The lowest BCUT2D eigenvalue weighted by Gasteiger charge is -2.35. The number of benzene rings is 3. The minimum atomic E-state index is -4.40. The highest BCUT2D eigenvalue weighted by Crippen LogP contribution is 2.47. The molecule has 0 spiro atoms. The number of fused-ring (bicyclic) bond motifs is 1. The maximum absolute atomic E-state index is 13.2. The van der Waals surface area contributed by atoms with Crippen LogP contribution in [0.15, 0.2) is 66.7 Å². The molecule has 2 atom stereocenters. The molecule has 0 aromatic heterocycles. The van der Waals surface area contributed by atoms with Crippen molar-refractivity contribution in [2.24, 2.45) is 5.41 Å². The quantitative estimate of drug-likeness (QED) is 0.219. The first-order chi connectivity index (χ1) is 19.5. The fraction of sp³-hybridized carbons (Fsp3) is 0.424. The van der Waals surface area contributed by atoms with Crippen LogP contribution in [0.2, 0.25) is 0 Å². The zero-order valence-electron chi connectivity index (χ0n) is 23.7. The SMILES string of the molecule is CC(C)(C)C(=O)Oc1ccc2c(c1)OC[C@H](c1ccc(C(F)(F)F)cc1)[C@@H]2c1ccc(OCCN2CCCC2)cc1. The summed E-state index contributed by atoms with van der Waals surface area (Å²) >= 11 is 0. The molecule has 2 aliphatic rings. The zero-order valence-corrected chi connectivity index (χ0v) is 23.7. The van der Waals surface area contributed by atoms with Crippen LogP contribution in [0.5, 0.6) is 17.2 Å². The summed E-state index contributed by atoms with van der Waals surface area (Å²) in [5.74, 6) is 0.972.